The molecule has 0 amide bonds. The SMILES string of the molecule is Fc1ccc2c(c1CNc1ncc(C3=CCC(F)(F)CC3)c3ncncc13)CCO2. The number of nitrogens with one attached hydrogen (secondary N) is 1. The van der Waals surface area contributed by atoms with Crippen LogP contribution in [0.3, 0.4) is 0 Å². The highest BCUT2D eigenvalue weighted by molar-refractivity contribution is 5.96. The number of rotatable bonds is 4. The first-order chi connectivity index (χ1) is 14.5. The Labute approximate surface area is 171 Å². The van der Waals surface area contributed by atoms with Gasteiger partial charge in [0.25, 0.3) is 5.92 Å². The van der Waals surface area contributed by atoms with Crippen molar-refractivity contribution < 1.29 is 17.9 Å². The zero-order chi connectivity index (χ0) is 20.7. The Balaban J connectivity index is 1.48. The van der Waals surface area contributed by atoms with Crippen LogP contribution in [0.15, 0.2) is 36.9 Å². The number of allylic oxidation sites excluding steroid dienone is 2. The van der Waals surface area contributed by atoms with Crippen molar-refractivity contribution in [3.63, 3.8) is 0 Å². The van der Waals surface area contributed by atoms with Gasteiger partial charge in [0.1, 0.15) is 23.7 Å². The van der Waals surface area contributed by atoms with Crippen LogP contribution >= 0.6 is 0 Å². The number of benzene rings is 1. The van der Waals surface area contributed by atoms with Gasteiger partial charge in [-0.25, -0.2) is 28.1 Å². The number of hydrogen-bond acceptors (Lipinski definition) is 5. The van der Waals surface area contributed by atoms with Crippen LogP contribution in [0.5, 0.6) is 5.75 Å². The molecular formula is C22H19F3N4O. The molecular weight excluding hydrogens is 393 g/mol. The second-order valence-corrected chi connectivity index (χ2v) is 7.55. The molecule has 5 nitrogen and oxygen atoms in total. The number of fused-ring (bicyclic) bond motifs is 2. The van der Waals surface area contributed by atoms with Gasteiger partial charge in [-0.05, 0) is 24.1 Å². The Hall–Kier alpha value is -3.16. The van der Waals surface area contributed by atoms with Crippen LogP contribution in [0.25, 0.3) is 16.5 Å². The molecule has 0 fully saturated rings. The van der Waals surface area contributed by atoms with E-state index in [0.29, 0.717) is 41.1 Å². The predicted molar refractivity (Wildman–Crippen MR) is 107 cm³/mol. The van der Waals surface area contributed by atoms with Crippen molar-refractivity contribution >= 4 is 22.3 Å². The van der Waals surface area contributed by atoms with Crippen molar-refractivity contribution in [2.75, 3.05) is 11.9 Å². The molecule has 0 saturated carbocycles. The van der Waals surface area contributed by atoms with Crippen molar-refractivity contribution in [3.8, 4) is 5.75 Å². The van der Waals surface area contributed by atoms with Gasteiger partial charge in [-0.2, -0.15) is 0 Å². The summed E-state index contributed by atoms with van der Waals surface area (Å²) in [5.41, 5.74) is 3.61. The summed E-state index contributed by atoms with van der Waals surface area (Å²) in [6, 6.07) is 3.06. The van der Waals surface area contributed by atoms with Gasteiger partial charge in [-0.15, -0.1) is 0 Å². The third kappa shape index (κ3) is 3.36. The molecule has 0 unspecified atom stereocenters. The average Bonchev–Trinajstić information content (AvgIpc) is 3.22. The van der Waals surface area contributed by atoms with E-state index in [-0.39, 0.29) is 31.6 Å². The first kappa shape index (κ1) is 18.8. The van der Waals surface area contributed by atoms with E-state index in [0.717, 1.165) is 16.7 Å². The van der Waals surface area contributed by atoms with E-state index in [4.69, 9.17) is 4.74 Å². The van der Waals surface area contributed by atoms with Gasteiger partial charge in [0.05, 0.1) is 17.5 Å². The summed E-state index contributed by atoms with van der Waals surface area (Å²) in [5, 5.41) is 3.86. The number of aromatic nitrogens is 3. The Morgan fingerprint density at radius 1 is 1.13 bits per heavy atom. The lowest BCUT2D eigenvalue weighted by Gasteiger charge is -2.22. The molecule has 1 N–H and O–H groups in total. The molecule has 0 saturated heterocycles. The highest BCUT2D eigenvalue weighted by Gasteiger charge is 2.31. The maximum absolute atomic E-state index is 14.4. The van der Waals surface area contributed by atoms with E-state index in [1.165, 1.54) is 12.4 Å². The van der Waals surface area contributed by atoms with E-state index in [9.17, 15) is 13.2 Å². The van der Waals surface area contributed by atoms with E-state index < -0.39 is 5.92 Å². The lowest BCUT2D eigenvalue weighted by molar-refractivity contribution is -0.00602. The van der Waals surface area contributed by atoms with Gasteiger partial charge in [0.15, 0.2) is 0 Å². The molecule has 0 spiro atoms. The van der Waals surface area contributed by atoms with Crippen molar-refractivity contribution in [1.82, 2.24) is 15.0 Å². The summed E-state index contributed by atoms with van der Waals surface area (Å²) in [4.78, 5) is 12.9. The van der Waals surface area contributed by atoms with Crippen LogP contribution < -0.4 is 10.1 Å². The van der Waals surface area contributed by atoms with Crippen molar-refractivity contribution in [2.45, 2.75) is 38.2 Å². The zero-order valence-electron chi connectivity index (χ0n) is 16.1. The molecule has 2 aromatic heterocycles. The molecule has 0 bridgehead atoms. The minimum atomic E-state index is -2.66. The lowest BCUT2D eigenvalue weighted by atomic mass is 9.91. The summed E-state index contributed by atoms with van der Waals surface area (Å²) in [7, 11) is 0. The summed E-state index contributed by atoms with van der Waals surface area (Å²) in [6.07, 6.45) is 6.73. The largest absolute Gasteiger partial charge is 0.493 e. The first-order valence-electron chi connectivity index (χ1n) is 9.85. The number of alkyl halides is 2. The van der Waals surface area contributed by atoms with Crippen LogP contribution in [-0.4, -0.2) is 27.5 Å². The predicted octanol–water partition coefficient (Wildman–Crippen LogP) is 4.91. The monoisotopic (exact) mass is 412 g/mol. The summed E-state index contributed by atoms with van der Waals surface area (Å²) in [5.74, 6) is -1.72. The highest BCUT2D eigenvalue weighted by atomic mass is 19.3. The lowest BCUT2D eigenvalue weighted by Crippen LogP contribution is -2.18. The fourth-order valence-corrected chi connectivity index (χ4v) is 4.07. The Kier molecular flexibility index (Phi) is 4.56. The number of anilines is 1. The molecule has 3 aromatic rings. The van der Waals surface area contributed by atoms with E-state index in [1.54, 1.807) is 24.5 Å². The maximum Gasteiger partial charge on any atom is 0.251 e. The number of hydrogen-bond donors (Lipinski definition) is 1. The minimum absolute atomic E-state index is 0.189. The zero-order valence-corrected chi connectivity index (χ0v) is 16.1. The third-order valence-electron chi connectivity index (χ3n) is 5.67. The van der Waals surface area contributed by atoms with Gasteiger partial charge in [0, 0.05) is 54.9 Å². The molecule has 1 aliphatic carbocycles. The minimum Gasteiger partial charge on any atom is -0.493 e. The van der Waals surface area contributed by atoms with Crippen molar-refractivity contribution in [3.05, 3.63) is 59.4 Å². The standard InChI is InChI=1S/C22H19F3N4O/c23-18-1-2-19-14(5-8-30-19)16(18)11-28-21-17-9-26-12-29-20(17)15(10-27-21)13-3-6-22(24,25)7-4-13/h1-3,9-10,12H,4-8,11H2,(H,27,28). The Morgan fingerprint density at radius 3 is 2.87 bits per heavy atom. The molecule has 5 rings (SSSR count). The first-order valence-corrected chi connectivity index (χ1v) is 9.85. The normalized spacial score (nSPS) is 17.4. The average molecular weight is 412 g/mol. The maximum atomic E-state index is 14.4. The van der Waals surface area contributed by atoms with Gasteiger partial charge >= 0.3 is 0 Å². The molecule has 0 radical (unpaired) electrons. The topological polar surface area (TPSA) is 59.9 Å². The Morgan fingerprint density at radius 2 is 2.03 bits per heavy atom. The van der Waals surface area contributed by atoms with Crippen molar-refractivity contribution in [2.24, 2.45) is 0 Å². The number of halogens is 3. The Bertz CT molecular complexity index is 1160. The van der Waals surface area contributed by atoms with Crippen LogP contribution in [0, 0.1) is 5.82 Å². The fraction of sp³-hybridized carbons (Fsp3) is 0.318. The van der Waals surface area contributed by atoms with Crippen LogP contribution in [0.1, 0.15) is 36.0 Å². The fourth-order valence-electron chi connectivity index (χ4n) is 4.07. The molecule has 2 aliphatic rings. The van der Waals surface area contributed by atoms with Crippen LogP contribution in [-0.2, 0) is 13.0 Å². The van der Waals surface area contributed by atoms with Crippen LogP contribution in [0.2, 0.25) is 0 Å². The van der Waals surface area contributed by atoms with E-state index in [1.807, 2.05) is 0 Å². The molecule has 30 heavy (non-hydrogen) atoms. The van der Waals surface area contributed by atoms with Gasteiger partial charge in [-0.1, -0.05) is 6.08 Å². The summed E-state index contributed by atoms with van der Waals surface area (Å²) < 4.78 is 47.0. The molecule has 0 atom stereocenters. The second-order valence-electron chi connectivity index (χ2n) is 7.55. The molecule has 1 aromatic carbocycles. The molecule has 154 valence electrons. The van der Waals surface area contributed by atoms with Gasteiger partial charge in [-0.3, -0.25) is 0 Å². The third-order valence-corrected chi connectivity index (χ3v) is 5.67. The van der Waals surface area contributed by atoms with Gasteiger partial charge in [0.2, 0.25) is 0 Å². The number of pyridine rings is 1. The number of nitrogens with zero attached hydrogens (tertiary/aromatic N) is 3. The quantitative estimate of drug-likeness (QED) is 0.660. The molecule has 1 aliphatic heterocycles. The molecule has 8 heteroatoms. The van der Waals surface area contributed by atoms with E-state index in [2.05, 4.69) is 20.3 Å². The highest BCUT2D eigenvalue weighted by Crippen LogP contribution is 2.38. The second kappa shape index (κ2) is 7.27. The summed E-state index contributed by atoms with van der Waals surface area (Å²) >= 11 is 0. The summed E-state index contributed by atoms with van der Waals surface area (Å²) in [6.45, 7) is 0.785. The number of ether oxygens (including phenoxy) is 1. The van der Waals surface area contributed by atoms with Crippen LogP contribution in [0.4, 0.5) is 19.0 Å². The van der Waals surface area contributed by atoms with Gasteiger partial charge < -0.3 is 10.1 Å². The molecule has 3 heterocycles. The smallest absolute Gasteiger partial charge is 0.251 e. The van der Waals surface area contributed by atoms with E-state index >= 15 is 0 Å². The van der Waals surface area contributed by atoms with Crippen molar-refractivity contribution in [1.29, 1.82) is 0 Å².